The van der Waals surface area contributed by atoms with Crippen molar-refractivity contribution in [2.45, 2.75) is 33.6 Å². The van der Waals surface area contributed by atoms with Crippen molar-refractivity contribution in [2.75, 3.05) is 13.1 Å². The summed E-state index contributed by atoms with van der Waals surface area (Å²) in [4.78, 5) is 11.1. The molecule has 0 aromatic heterocycles. The molecule has 0 aliphatic rings. The molecule has 0 fully saturated rings. The van der Waals surface area contributed by atoms with Crippen molar-refractivity contribution in [3.8, 4) is 0 Å². The normalized spacial score (nSPS) is 11.2. The molecule has 0 atom stereocenters. The predicted octanol–water partition coefficient (Wildman–Crippen LogP) is 1.42. The number of hydrogen-bond donors (Lipinski definition) is 2. The van der Waals surface area contributed by atoms with Crippen molar-refractivity contribution in [2.24, 2.45) is 0 Å². The van der Waals surface area contributed by atoms with Gasteiger partial charge in [0.1, 0.15) is 0 Å². The number of nitrogens with one attached hydrogen (secondary N) is 2. The molecule has 3 nitrogen and oxygen atoms in total. The summed E-state index contributed by atoms with van der Waals surface area (Å²) in [5.74, 6) is -0.0112. The largest absolute Gasteiger partial charge is 0.388 e. The Morgan fingerprint density at radius 1 is 1.15 bits per heavy atom. The molecule has 0 aliphatic heterocycles. The second-order valence-electron chi connectivity index (χ2n) is 3.05. The van der Waals surface area contributed by atoms with Crippen LogP contribution >= 0.6 is 0 Å². The van der Waals surface area contributed by atoms with E-state index in [1.807, 2.05) is 13.8 Å². The fourth-order valence-electron chi connectivity index (χ4n) is 0.869. The van der Waals surface area contributed by atoms with Crippen LogP contribution in [0.25, 0.3) is 0 Å². The number of carbonyl (C=O) groups is 1. The second-order valence-corrected chi connectivity index (χ2v) is 3.05. The Hall–Kier alpha value is -0.990. The lowest BCUT2D eigenvalue weighted by Crippen LogP contribution is -2.23. The molecule has 0 rings (SSSR count). The van der Waals surface area contributed by atoms with Crippen molar-refractivity contribution in [3.05, 3.63) is 11.8 Å². The van der Waals surface area contributed by atoms with Gasteiger partial charge in [0.2, 0.25) is 5.91 Å². The van der Waals surface area contributed by atoms with E-state index < -0.39 is 0 Å². The SMILES string of the molecule is CCCNC(=O)/C=C(/C)NCCC. The van der Waals surface area contributed by atoms with Gasteiger partial charge in [-0.25, -0.2) is 0 Å². The Labute approximate surface area is 80.6 Å². The summed E-state index contributed by atoms with van der Waals surface area (Å²) in [5, 5.41) is 5.92. The van der Waals surface area contributed by atoms with Gasteiger partial charge in [0, 0.05) is 24.9 Å². The van der Waals surface area contributed by atoms with E-state index in [1.165, 1.54) is 0 Å². The summed E-state index contributed by atoms with van der Waals surface area (Å²) in [6.45, 7) is 7.70. The van der Waals surface area contributed by atoms with Crippen LogP contribution in [0.3, 0.4) is 0 Å². The van der Waals surface area contributed by atoms with Gasteiger partial charge in [0.15, 0.2) is 0 Å². The van der Waals surface area contributed by atoms with E-state index in [4.69, 9.17) is 0 Å². The van der Waals surface area contributed by atoms with Gasteiger partial charge in [-0.2, -0.15) is 0 Å². The third-order valence-electron chi connectivity index (χ3n) is 1.55. The van der Waals surface area contributed by atoms with Gasteiger partial charge in [-0.1, -0.05) is 13.8 Å². The van der Waals surface area contributed by atoms with Gasteiger partial charge < -0.3 is 10.6 Å². The van der Waals surface area contributed by atoms with E-state index in [-0.39, 0.29) is 5.91 Å². The third-order valence-corrected chi connectivity index (χ3v) is 1.55. The Morgan fingerprint density at radius 3 is 2.23 bits per heavy atom. The lowest BCUT2D eigenvalue weighted by atomic mass is 10.3. The molecule has 0 aromatic rings. The van der Waals surface area contributed by atoms with Crippen molar-refractivity contribution in [3.63, 3.8) is 0 Å². The molecule has 76 valence electrons. The summed E-state index contributed by atoms with van der Waals surface area (Å²) >= 11 is 0. The third kappa shape index (κ3) is 7.37. The molecule has 0 heterocycles. The van der Waals surface area contributed by atoms with Crippen LogP contribution in [0.4, 0.5) is 0 Å². The van der Waals surface area contributed by atoms with Crippen molar-refractivity contribution >= 4 is 5.91 Å². The highest BCUT2D eigenvalue weighted by atomic mass is 16.1. The minimum atomic E-state index is -0.0112. The highest BCUT2D eigenvalue weighted by Crippen LogP contribution is 1.86. The molecular formula is C10H20N2O. The van der Waals surface area contributed by atoms with Crippen LogP contribution in [0.15, 0.2) is 11.8 Å². The maximum absolute atomic E-state index is 11.1. The van der Waals surface area contributed by atoms with Crippen LogP contribution in [0.1, 0.15) is 33.6 Å². The fourth-order valence-corrected chi connectivity index (χ4v) is 0.869. The molecule has 1 amide bonds. The number of hydrogen-bond acceptors (Lipinski definition) is 2. The summed E-state index contributed by atoms with van der Waals surface area (Å²) in [5.41, 5.74) is 0.926. The smallest absolute Gasteiger partial charge is 0.245 e. The van der Waals surface area contributed by atoms with Gasteiger partial charge >= 0.3 is 0 Å². The van der Waals surface area contributed by atoms with Gasteiger partial charge in [-0.3, -0.25) is 4.79 Å². The molecule has 0 unspecified atom stereocenters. The Balaban J connectivity index is 3.70. The summed E-state index contributed by atoms with van der Waals surface area (Å²) in [6.07, 6.45) is 3.65. The van der Waals surface area contributed by atoms with E-state index >= 15 is 0 Å². The molecule has 2 N–H and O–H groups in total. The standard InChI is InChI=1S/C10H20N2O/c1-4-6-11-9(3)8-10(13)12-7-5-2/h8,11H,4-7H2,1-3H3,(H,12,13)/b9-8-. The van der Waals surface area contributed by atoms with Gasteiger partial charge in [-0.15, -0.1) is 0 Å². The molecule has 0 saturated heterocycles. The van der Waals surface area contributed by atoms with E-state index in [9.17, 15) is 4.79 Å². The van der Waals surface area contributed by atoms with Crippen molar-refractivity contribution in [1.29, 1.82) is 0 Å². The first kappa shape index (κ1) is 12.0. The molecule has 0 bridgehead atoms. The van der Waals surface area contributed by atoms with Gasteiger partial charge in [-0.05, 0) is 19.8 Å². The van der Waals surface area contributed by atoms with Crippen LogP contribution in [0.5, 0.6) is 0 Å². The Bertz CT molecular complexity index is 176. The number of carbonyl (C=O) groups excluding carboxylic acids is 1. The molecule has 0 aromatic carbocycles. The Kier molecular flexibility index (Phi) is 7.07. The first-order chi connectivity index (χ1) is 6.20. The molecule has 0 radical (unpaired) electrons. The van der Waals surface area contributed by atoms with Crippen LogP contribution in [0, 0.1) is 0 Å². The molecule has 3 heteroatoms. The highest BCUT2D eigenvalue weighted by Gasteiger charge is 1.95. The maximum atomic E-state index is 11.1. The quantitative estimate of drug-likeness (QED) is 0.613. The van der Waals surface area contributed by atoms with Crippen molar-refractivity contribution in [1.82, 2.24) is 10.6 Å². The van der Waals surface area contributed by atoms with Crippen LogP contribution in [-0.4, -0.2) is 19.0 Å². The molecule has 0 spiro atoms. The van der Waals surface area contributed by atoms with Crippen LogP contribution in [-0.2, 0) is 4.79 Å². The lowest BCUT2D eigenvalue weighted by molar-refractivity contribution is -0.116. The molecule has 0 saturated carbocycles. The number of rotatable bonds is 6. The van der Waals surface area contributed by atoms with E-state index in [1.54, 1.807) is 6.08 Å². The van der Waals surface area contributed by atoms with Crippen LogP contribution < -0.4 is 10.6 Å². The molecule has 13 heavy (non-hydrogen) atoms. The summed E-state index contributed by atoms with van der Waals surface area (Å²) in [6, 6.07) is 0. The van der Waals surface area contributed by atoms with Crippen molar-refractivity contribution < 1.29 is 4.79 Å². The van der Waals surface area contributed by atoms with Crippen LogP contribution in [0.2, 0.25) is 0 Å². The highest BCUT2D eigenvalue weighted by molar-refractivity contribution is 5.87. The average molecular weight is 184 g/mol. The first-order valence-corrected chi connectivity index (χ1v) is 4.90. The van der Waals surface area contributed by atoms with Gasteiger partial charge in [0.05, 0.1) is 0 Å². The topological polar surface area (TPSA) is 41.1 Å². The van der Waals surface area contributed by atoms with Gasteiger partial charge in [0.25, 0.3) is 0 Å². The maximum Gasteiger partial charge on any atom is 0.245 e. The summed E-state index contributed by atoms with van der Waals surface area (Å²) < 4.78 is 0. The Morgan fingerprint density at radius 2 is 1.69 bits per heavy atom. The van der Waals surface area contributed by atoms with E-state index in [0.717, 1.165) is 31.6 Å². The van der Waals surface area contributed by atoms with E-state index in [2.05, 4.69) is 17.6 Å². The fraction of sp³-hybridized carbons (Fsp3) is 0.700. The molecular weight excluding hydrogens is 164 g/mol. The average Bonchev–Trinajstić information content (AvgIpc) is 2.11. The van der Waals surface area contributed by atoms with E-state index in [0.29, 0.717) is 0 Å². The lowest BCUT2D eigenvalue weighted by Gasteiger charge is -2.04. The second kappa shape index (κ2) is 7.65. The predicted molar refractivity (Wildman–Crippen MR) is 55.4 cm³/mol. The monoisotopic (exact) mass is 184 g/mol. The molecule has 0 aliphatic carbocycles. The zero-order chi connectivity index (χ0) is 10.1. The summed E-state index contributed by atoms with van der Waals surface area (Å²) in [7, 11) is 0. The number of allylic oxidation sites excluding steroid dienone is 1. The minimum Gasteiger partial charge on any atom is -0.388 e. The first-order valence-electron chi connectivity index (χ1n) is 4.90. The minimum absolute atomic E-state index is 0.0112. The zero-order valence-electron chi connectivity index (χ0n) is 8.81. The zero-order valence-corrected chi connectivity index (χ0v) is 8.81. The number of amides is 1.